The Morgan fingerprint density at radius 3 is 2.47 bits per heavy atom. The van der Waals surface area contributed by atoms with Gasteiger partial charge in [0, 0.05) is 6.04 Å². The predicted molar refractivity (Wildman–Crippen MR) is 80.9 cm³/mol. The van der Waals surface area contributed by atoms with Crippen LogP contribution in [0.25, 0.3) is 0 Å². The smallest absolute Gasteiger partial charge is 0.123 e. The van der Waals surface area contributed by atoms with E-state index in [1.54, 1.807) is 12.1 Å². The van der Waals surface area contributed by atoms with Crippen LogP contribution in [0, 0.1) is 18.2 Å². The van der Waals surface area contributed by atoms with E-state index in [1.165, 1.54) is 5.56 Å². The SMILES string of the molecule is CCCNC(CCC(C)(C)C)c1ccc(F)cc1C. The Morgan fingerprint density at radius 2 is 1.95 bits per heavy atom. The molecular weight excluding hydrogens is 237 g/mol. The maximum absolute atomic E-state index is 13.2. The molecule has 1 nitrogen and oxygen atoms in total. The molecule has 0 aliphatic carbocycles. The second-order valence-corrected chi connectivity index (χ2v) is 6.61. The van der Waals surface area contributed by atoms with E-state index in [4.69, 9.17) is 0 Å². The van der Waals surface area contributed by atoms with Gasteiger partial charge in [-0.2, -0.15) is 0 Å². The van der Waals surface area contributed by atoms with Crippen molar-refractivity contribution in [3.8, 4) is 0 Å². The number of hydrogen-bond acceptors (Lipinski definition) is 1. The molecule has 0 amide bonds. The van der Waals surface area contributed by atoms with Crippen molar-refractivity contribution < 1.29 is 4.39 Å². The molecule has 2 heteroatoms. The van der Waals surface area contributed by atoms with E-state index >= 15 is 0 Å². The minimum Gasteiger partial charge on any atom is -0.310 e. The first-order valence-electron chi connectivity index (χ1n) is 7.33. The average molecular weight is 265 g/mol. The van der Waals surface area contributed by atoms with Gasteiger partial charge in [-0.15, -0.1) is 0 Å². The van der Waals surface area contributed by atoms with E-state index in [1.807, 2.05) is 13.0 Å². The van der Waals surface area contributed by atoms with E-state index < -0.39 is 0 Å². The summed E-state index contributed by atoms with van der Waals surface area (Å²) in [5.74, 6) is -0.147. The molecule has 0 radical (unpaired) electrons. The van der Waals surface area contributed by atoms with Gasteiger partial charge in [-0.25, -0.2) is 4.39 Å². The molecule has 0 bridgehead atoms. The van der Waals surface area contributed by atoms with Crippen LogP contribution in [-0.2, 0) is 0 Å². The van der Waals surface area contributed by atoms with Crippen molar-refractivity contribution in [2.24, 2.45) is 5.41 Å². The monoisotopic (exact) mass is 265 g/mol. The molecule has 0 fully saturated rings. The van der Waals surface area contributed by atoms with Crippen LogP contribution in [0.4, 0.5) is 4.39 Å². The number of rotatable bonds is 6. The number of aryl methyl sites for hydroxylation is 1. The molecular formula is C17H28FN. The van der Waals surface area contributed by atoms with Gasteiger partial charge in [-0.1, -0.05) is 33.8 Å². The van der Waals surface area contributed by atoms with Crippen LogP contribution in [0.5, 0.6) is 0 Å². The molecule has 0 heterocycles. The first kappa shape index (κ1) is 16.2. The van der Waals surface area contributed by atoms with Crippen LogP contribution in [0.15, 0.2) is 18.2 Å². The molecule has 1 N–H and O–H groups in total. The minimum atomic E-state index is -0.147. The highest BCUT2D eigenvalue weighted by Crippen LogP contribution is 2.29. The summed E-state index contributed by atoms with van der Waals surface area (Å²) in [6.45, 7) is 12.0. The largest absolute Gasteiger partial charge is 0.310 e. The summed E-state index contributed by atoms with van der Waals surface area (Å²) < 4.78 is 13.2. The fraction of sp³-hybridized carbons (Fsp3) is 0.647. The molecule has 0 aliphatic heterocycles. The van der Waals surface area contributed by atoms with Gasteiger partial charge in [-0.05, 0) is 61.4 Å². The first-order valence-corrected chi connectivity index (χ1v) is 7.33. The highest BCUT2D eigenvalue weighted by molar-refractivity contribution is 5.29. The van der Waals surface area contributed by atoms with Crippen molar-refractivity contribution in [3.05, 3.63) is 35.1 Å². The summed E-state index contributed by atoms with van der Waals surface area (Å²) in [6, 6.07) is 5.47. The molecule has 1 atom stereocenters. The molecule has 1 aromatic rings. The summed E-state index contributed by atoms with van der Waals surface area (Å²) in [5.41, 5.74) is 2.61. The molecule has 19 heavy (non-hydrogen) atoms. The topological polar surface area (TPSA) is 12.0 Å². The highest BCUT2D eigenvalue weighted by Gasteiger charge is 2.17. The lowest BCUT2D eigenvalue weighted by Gasteiger charge is -2.25. The van der Waals surface area contributed by atoms with Crippen molar-refractivity contribution in [2.75, 3.05) is 6.54 Å². The molecule has 0 aromatic heterocycles. The molecule has 0 spiro atoms. The Balaban J connectivity index is 2.83. The molecule has 0 aliphatic rings. The van der Waals surface area contributed by atoms with Crippen molar-refractivity contribution in [2.45, 2.75) is 59.9 Å². The number of nitrogens with one attached hydrogen (secondary N) is 1. The quantitative estimate of drug-likeness (QED) is 0.763. The predicted octanol–water partition coefficient (Wildman–Crippen LogP) is 5.00. The van der Waals surface area contributed by atoms with Crippen LogP contribution < -0.4 is 5.32 Å². The molecule has 108 valence electrons. The fourth-order valence-electron chi connectivity index (χ4n) is 2.29. The van der Waals surface area contributed by atoms with Gasteiger partial charge in [0.05, 0.1) is 0 Å². The van der Waals surface area contributed by atoms with Gasteiger partial charge < -0.3 is 5.32 Å². The van der Waals surface area contributed by atoms with E-state index in [9.17, 15) is 4.39 Å². The Morgan fingerprint density at radius 1 is 1.26 bits per heavy atom. The zero-order chi connectivity index (χ0) is 14.5. The van der Waals surface area contributed by atoms with Gasteiger partial charge in [0.15, 0.2) is 0 Å². The van der Waals surface area contributed by atoms with Gasteiger partial charge in [0.1, 0.15) is 5.82 Å². The van der Waals surface area contributed by atoms with E-state index in [0.29, 0.717) is 11.5 Å². The lowest BCUT2D eigenvalue weighted by Crippen LogP contribution is -2.24. The molecule has 1 unspecified atom stereocenters. The summed E-state index contributed by atoms with van der Waals surface area (Å²) in [5, 5.41) is 3.60. The van der Waals surface area contributed by atoms with Gasteiger partial charge in [-0.3, -0.25) is 0 Å². The normalized spacial score (nSPS) is 13.6. The maximum Gasteiger partial charge on any atom is 0.123 e. The minimum absolute atomic E-state index is 0.147. The van der Waals surface area contributed by atoms with E-state index in [0.717, 1.165) is 31.4 Å². The zero-order valence-electron chi connectivity index (χ0n) is 13.0. The molecule has 0 saturated heterocycles. The Hall–Kier alpha value is -0.890. The fourth-order valence-corrected chi connectivity index (χ4v) is 2.29. The summed E-state index contributed by atoms with van der Waals surface area (Å²) >= 11 is 0. The van der Waals surface area contributed by atoms with Gasteiger partial charge in [0.25, 0.3) is 0 Å². The van der Waals surface area contributed by atoms with Crippen LogP contribution in [-0.4, -0.2) is 6.54 Å². The van der Waals surface area contributed by atoms with Crippen LogP contribution in [0.1, 0.15) is 64.1 Å². The lowest BCUT2D eigenvalue weighted by molar-refractivity contribution is 0.331. The summed E-state index contributed by atoms with van der Waals surface area (Å²) in [6.07, 6.45) is 3.37. The number of hydrogen-bond donors (Lipinski definition) is 1. The van der Waals surface area contributed by atoms with Crippen molar-refractivity contribution in [1.29, 1.82) is 0 Å². The summed E-state index contributed by atoms with van der Waals surface area (Å²) in [7, 11) is 0. The van der Waals surface area contributed by atoms with Crippen molar-refractivity contribution in [1.82, 2.24) is 5.32 Å². The van der Waals surface area contributed by atoms with Crippen LogP contribution in [0.2, 0.25) is 0 Å². The van der Waals surface area contributed by atoms with E-state index in [-0.39, 0.29) is 5.82 Å². The van der Waals surface area contributed by atoms with Gasteiger partial charge in [0.2, 0.25) is 0 Å². The Kier molecular flexibility index (Phi) is 5.99. The average Bonchev–Trinajstić information content (AvgIpc) is 2.29. The van der Waals surface area contributed by atoms with E-state index in [2.05, 4.69) is 33.0 Å². The molecule has 0 saturated carbocycles. The Bertz CT molecular complexity index is 393. The summed E-state index contributed by atoms with van der Waals surface area (Å²) in [4.78, 5) is 0. The number of halogens is 1. The van der Waals surface area contributed by atoms with Crippen LogP contribution in [0.3, 0.4) is 0 Å². The molecule has 1 aromatic carbocycles. The third-order valence-corrected chi connectivity index (χ3v) is 3.43. The maximum atomic E-state index is 13.2. The number of benzene rings is 1. The Labute approximate surface area is 117 Å². The second-order valence-electron chi connectivity index (χ2n) is 6.61. The lowest BCUT2D eigenvalue weighted by atomic mass is 9.86. The van der Waals surface area contributed by atoms with Crippen LogP contribution >= 0.6 is 0 Å². The zero-order valence-corrected chi connectivity index (χ0v) is 13.0. The third kappa shape index (κ3) is 5.73. The highest BCUT2D eigenvalue weighted by atomic mass is 19.1. The third-order valence-electron chi connectivity index (χ3n) is 3.43. The molecule has 1 rings (SSSR count). The van der Waals surface area contributed by atoms with Crippen molar-refractivity contribution in [3.63, 3.8) is 0 Å². The second kappa shape index (κ2) is 7.04. The van der Waals surface area contributed by atoms with Crippen molar-refractivity contribution >= 4 is 0 Å². The first-order chi connectivity index (χ1) is 8.83. The van der Waals surface area contributed by atoms with Gasteiger partial charge >= 0.3 is 0 Å². The standard InChI is InChI=1S/C17H28FN/c1-6-11-19-16(9-10-17(3,4)5)15-8-7-14(18)12-13(15)2/h7-8,12,16,19H,6,9-11H2,1-5H3.